The lowest BCUT2D eigenvalue weighted by molar-refractivity contribution is 0.0766. The summed E-state index contributed by atoms with van der Waals surface area (Å²) in [4.78, 5) is 21.8. The Labute approximate surface area is 170 Å². The first-order chi connectivity index (χ1) is 14.1. The van der Waals surface area contributed by atoms with Crippen LogP contribution < -0.4 is 9.64 Å². The molecule has 1 aromatic heterocycles. The average Bonchev–Trinajstić information content (AvgIpc) is 3.53. The van der Waals surface area contributed by atoms with E-state index in [1.54, 1.807) is 12.1 Å². The maximum absolute atomic E-state index is 12.6. The van der Waals surface area contributed by atoms with Crippen LogP contribution in [0.2, 0.25) is 0 Å². The molecule has 3 heterocycles. The number of anilines is 1. The number of aromatic nitrogens is 1. The van der Waals surface area contributed by atoms with E-state index in [1.807, 2.05) is 30.0 Å². The van der Waals surface area contributed by atoms with Crippen LogP contribution in [-0.4, -0.2) is 41.0 Å². The fraction of sp³-hybridized carbons (Fsp3) is 0.435. The normalized spacial score (nSPS) is 19.2. The monoisotopic (exact) mass is 388 g/mol. The molecule has 1 aliphatic carbocycles. The standard InChI is InChI=1S/C23H24N4O2/c1-15-11-20-21(14-27(23(20)28)17-5-6-17)25-22(15)26-9-7-18(8-10-26)29-19-4-2-3-16(12-19)13-24/h2-4,11-12,17-18H,5-10,14H2,1H3. The lowest BCUT2D eigenvalue weighted by atomic mass is 10.1. The van der Waals surface area contributed by atoms with E-state index in [0.717, 1.165) is 67.2 Å². The van der Waals surface area contributed by atoms with Crippen LogP contribution in [0.5, 0.6) is 5.75 Å². The molecule has 0 unspecified atom stereocenters. The van der Waals surface area contributed by atoms with Gasteiger partial charge in [0.05, 0.1) is 29.4 Å². The molecule has 6 heteroatoms. The zero-order valence-electron chi connectivity index (χ0n) is 16.6. The van der Waals surface area contributed by atoms with Crippen molar-refractivity contribution in [3.8, 4) is 11.8 Å². The van der Waals surface area contributed by atoms with Gasteiger partial charge in [0.15, 0.2) is 0 Å². The lowest BCUT2D eigenvalue weighted by Gasteiger charge is -2.34. The molecule has 148 valence electrons. The Hall–Kier alpha value is -3.07. The number of aryl methyl sites for hydroxylation is 1. The highest BCUT2D eigenvalue weighted by atomic mass is 16.5. The Kier molecular flexibility index (Phi) is 4.39. The third kappa shape index (κ3) is 3.42. The number of nitriles is 1. The highest BCUT2D eigenvalue weighted by Gasteiger charge is 2.39. The van der Waals surface area contributed by atoms with E-state index in [-0.39, 0.29) is 12.0 Å². The predicted molar refractivity (Wildman–Crippen MR) is 109 cm³/mol. The smallest absolute Gasteiger partial charge is 0.256 e. The molecule has 0 atom stereocenters. The molecule has 5 rings (SSSR count). The number of benzene rings is 1. The van der Waals surface area contributed by atoms with E-state index in [9.17, 15) is 4.79 Å². The number of fused-ring (bicyclic) bond motifs is 1. The summed E-state index contributed by atoms with van der Waals surface area (Å²) in [5, 5.41) is 9.04. The number of amides is 1. The van der Waals surface area contributed by atoms with Crippen molar-refractivity contribution in [3.05, 3.63) is 52.7 Å². The second kappa shape index (κ2) is 7.07. The molecular formula is C23H24N4O2. The van der Waals surface area contributed by atoms with E-state index in [2.05, 4.69) is 11.0 Å². The summed E-state index contributed by atoms with van der Waals surface area (Å²) in [6.07, 6.45) is 4.19. The maximum atomic E-state index is 12.6. The fourth-order valence-corrected chi connectivity index (χ4v) is 4.35. The minimum absolute atomic E-state index is 0.141. The van der Waals surface area contributed by atoms with E-state index in [4.69, 9.17) is 15.0 Å². The Balaban J connectivity index is 1.26. The van der Waals surface area contributed by atoms with Crippen molar-refractivity contribution in [1.29, 1.82) is 5.26 Å². The third-order valence-corrected chi connectivity index (χ3v) is 6.07. The number of ether oxygens (including phenoxy) is 1. The summed E-state index contributed by atoms with van der Waals surface area (Å²) in [5.41, 5.74) is 3.39. The zero-order valence-corrected chi connectivity index (χ0v) is 16.6. The average molecular weight is 388 g/mol. The first kappa shape index (κ1) is 18.0. The molecule has 1 saturated carbocycles. The molecule has 0 radical (unpaired) electrons. The molecule has 6 nitrogen and oxygen atoms in total. The molecule has 1 aromatic carbocycles. The van der Waals surface area contributed by atoms with Crippen molar-refractivity contribution in [2.24, 2.45) is 0 Å². The second-order valence-corrected chi connectivity index (χ2v) is 8.23. The van der Waals surface area contributed by atoms with E-state index < -0.39 is 0 Å². The van der Waals surface area contributed by atoms with Crippen LogP contribution in [0.1, 0.15) is 52.9 Å². The van der Waals surface area contributed by atoms with Crippen molar-refractivity contribution in [3.63, 3.8) is 0 Å². The van der Waals surface area contributed by atoms with Gasteiger partial charge in [-0.25, -0.2) is 4.98 Å². The molecule has 1 saturated heterocycles. The van der Waals surface area contributed by atoms with Crippen LogP contribution in [-0.2, 0) is 6.54 Å². The van der Waals surface area contributed by atoms with Crippen LogP contribution in [0.25, 0.3) is 0 Å². The first-order valence-electron chi connectivity index (χ1n) is 10.4. The van der Waals surface area contributed by atoms with Gasteiger partial charge in [-0.3, -0.25) is 4.79 Å². The van der Waals surface area contributed by atoms with Crippen LogP contribution in [0, 0.1) is 18.3 Å². The number of nitrogens with zero attached hydrogens (tertiary/aromatic N) is 4. The summed E-state index contributed by atoms with van der Waals surface area (Å²) in [6.45, 7) is 4.44. The van der Waals surface area contributed by atoms with Crippen LogP contribution in [0.4, 0.5) is 5.82 Å². The number of piperidine rings is 1. The van der Waals surface area contributed by atoms with Crippen molar-refractivity contribution < 1.29 is 9.53 Å². The van der Waals surface area contributed by atoms with Crippen molar-refractivity contribution >= 4 is 11.7 Å². The fourth-order valence-electron chi connectivity index (χ4n) is 4.35. The molecule has 2 aliphatic heterocycles. The number of carbonyl (C=O) groups excluding carboxylic acids is 1. The summed E-state index contributed by atoms with van der Waals surface area (Å²) >= 11 is 0. The number of rotatable bonds is 4. The van der Waals surface area contributed by atoms with Crippen molar-refractivity contribution in [1.82, 2.24) is 9.88 Å². The predicted octanol–water partition coefficient (Wildman–Crippen LogP) is 3.43. The largest absolute Gasteiger partial charge is 0.490 e. The van der Waals surface area contributed by atoms with Gasteiger partial charge in [-0.2, -0.15) is 5.26 Å². The molecule has 29 heavy (non-hydrogen) atoms. The number of carbonyl (C=O) groups is 1. The van der Waals surface area contributed by atoms with Crippen molar-refractivity contribution in [2.45, 2.75) is 51.3 Å². The van der Waals surface area contributed by atoms with Crippen LogP contribution in [0.3, 0.4) is 0 Å². The van der Waals surface area contributed by atoms with Gasteiger partial charge in [0.25, 0.3) is 5.91 Å². The van der Waals surface area contributed by atoms with Gasteiger partial charge in [-0.05, 0) is 49.6 Å². The first-order valence-corrected chi connectivity index (χ1v) is 10.4. The molecular weight excluding hydrogens is 364 g/mol. The zero-order chi connectivity index (χ0) is 20.0. The van der Waals surface area contributed by atoms with Crippen LogP contribution in [0.15, 0.2) is 30.3 Å². The number of hydrogen-bond donors (Lipinski definition) is 0. The SMILES string of the molecule is Cc1cc2c(nc1N1CCC(Oc3cccc(C#N)c3)CC1)CN(C1CC1)C2=O. The van der Waals surface area contributed by atoms with Gasteiger partial charge in [0.1, 0.15) is 17.7 Å². The maximum Gasteiger partial charge on any atom is 0.256 e. The molecule has 0 N–H and O–H groups in total. The van der Waals surface area contributed by atoms with Gasteiger partial charge in [0.2, 0.25) is 0 Å². The molecule has 1 amide bonds. The molecule has 3 aliphatic rings. The van der Waals surface area contributed by atoms with Gasteiger partial charge < -0.3 is 14.5 Å². The molecule has 0 bridgehead atoms. The van der Waals surface area contributed by atoms with Gasteiger partial charge in [-0.1, -0.05) is 6.07 Å². The highest BCUT2D eigenvalue weighted by Crippen LogP contribution is 2.36. The Morgan fingerprint density at radius 3 is 2.69 bits per heavy atom. The summed E-state index contributed by atoms with van der Waals surface area (Å²) in [5.74, 6) is 1.91. The Bertz CT molecular complexity index is 1000. The van der Waals surface area contributed by atoms with E-state index >= 15 is 0 Å². The highest BCUT2D eigenvalue weighted by molar-refractivity contribution is 5.98. The molecule has 2 aromatic rings. The topological polar surface area (TPSA) is 69.5 Å². The van der Waals surface area contributed by atoms with Crippen molar-refractivity contribution in [2.75, 3.05) is 18.0 Å². The van der Waals surface area contributed by atoms with E-state index in [0.29, 0.717) is 18.2 Å². The minimum atomic E-state index is 0.141. The Morgan fingerprint density at radius 1 is 1.17 bits per heavy atom. The number of hydrogen-bond acceptors (Lipinski definition) is 5. The Morgan fingerprint density at radius 2 is 1.97 bits per heavy atom. The van der Waals surface area contributed by atoms with Gasteiger partial charge >= 0.3 is 0 Å². The van der Waals surface area contributed by atoms with E-state index in [1.165, 1.54) is 0 Å². The third-order valence-electron chi connectivity index (χ3n) is 6.07. The second-order valence-electron chi connectivity index (χ2n) is 8.23. The van der Waals surface area contributed by atoms with Gasteiger partial charge in [-0.15, -0.1) is 0 Å². The quantitative estimate of drug-likeness (QED) is 0.803. The number of pyridine rings is 1. The minimum Gasteiger partial charge on any atom is -0.490 e. The van der Waals surface area contributed by atoms with Gasteiger partial charge in [0, 0.05) is 32.0 Å². The lowest BCUT2D eigenvalue weighted by Crippen LogP contribution is -2.39. The summed E-state index contributed by atoms with van der Waals surface area (Å²) in [7, 11) is 0. The molecule has 2 fully saturated rings. The summed E-state index contributed by atoms with van der Waals surface area (Å²) < 4.78 is 6.10. The summed E-state index contributed by atoms with van der Waals surface area (Å²) in [6, 6.07) is 11.9. The molecule has 0 spiro atoms. The van der Waals surface area contributed by atoms with Crippen LogP contribution >= 0.6 is 0 Å².